The van der Waals surface area contributed by atoms with Gasteiger partial charge < -0.3 is 30.5 Å². The van der Waals surface area contributed by atoms with Gasteiger partial charge in [0.15, 0.2) is 17.7 Å². The summed E-state index contributed by atoms with van der Waals surface area (Å²) < 4.78 is 22.7. The summed E-state index contributed by atoms with van der Waals surface area (Å²) in [5.41, 5.74) is 10.2. The Morgan fingerprint density at radius 2 is 1.66 bits per heavy atom. The van der Waals surface area contributed by atoms with Crippen molar-refractivity contribution in [2.75, 3.05) is 12.3 Å². The first kappa shape index (κ1) is 30.1. The minimum atomic E-state index is -4.43. The lowest BCUT2D eigenvalue weighted by molar-refractivity contribution is -0.0367. The van der Waals surface area contributed by atoms with E-state index in [4.69, 9.17) is 20.3 Å². The molecule has 0 unspecified atom stereocenters. The summed E-state index contributed by atoms with van der Waals surface area (Å²) in [5, 5.41) is 21.2. The van der Waals surface area contributed by atoms with Gasteiger partial charge in [-0.2, -0.15) is 0 Å². The van der Waals surface area contributed by atoms with E-state index in [9.17, 15) is 14.8 Å². The molecule has 6 N–H and O–H groups in total. The quantitative estimate of drug-likeness (QED) is 0.182. The van der Waals surface area contributed by atoms with Crippen LogP contribution in [0.1, 0.15) is 65.5 Å². The van der Waals surface area contributed by atoms with Crippen LogP contribution in [-0.4, -0.2) is 64.4 Å². The zero-order valence-corrected chi connectivity index (χ0v) is 22.9. The Labute approximate surface area is 222 Å². The van der Waals surface area contributed by atoms with Crippen molar-refractivity contribution in [1.29, 1.82) is 0 Å². The number of aromatic nitrogens is 4. The fraction of sp³-hybridized carbons (Fsp3) is 0.560. The fourth-order valence-corrected chi connectivity index (χ4v) is 4.57. The first-order chi connectivity index (χ1) is 18.0. The summed E-state index contributed by atoms with van der Waals surface area (Å²) in [7, 11) is -4.43. The van der Waals surface area contributed by atoms with Crippen LogP contribution >= 0.6 is 7.82 Å². The van der Waals surface area contributed by atoms with Crippen LogP contribution in [0.3, 0.4) is 0 Å². The van der Waals surface area contributed by atoms with Gasteiger partial charge in [-0.25, -0.2) is 19.5 Å². The molecule has 1 fully saturated rings. The van der Waals surface area contributed by atoms with E-state index in [-0.39, 0.29) is 12.4 Å². The summed E-state index contributed by atoms with van der Waals surface area (Å²) in [6.45, 7) is 5.94. The summed E-state index contributed by atoms with van der Waals surface area (Å²) in [4.78, 5) is 29.7. The van der Waals surface area contributed by atoms with Crippen molar-refractivity contribution in [3.05, 3.63) is 47.6 Å². The van der Waals surface area contributed by atoms with Crippen molar-refractivity contribution in [3.8, 4) is 0 Å². The maximum atomic E-state index is 10.7. The highest BCUT2D eigenvalue weighted by molar-refractivity contribution is 7.46. The average molecular weight is 552 g/mol. The van der Waals surface area contributed by atoms with Crippen LogP contribution in [0.2, 0.25) is 0 Å². The second-order valence-corrected chi connectivity index (χ2v) is 10.9. The number of aliphatic hydroxyl groups excluding tert-OH is 2. The predicted molar refractivity (Wildman–Crippen MR) is 143 cm³/mol. The maximum Gasteiger partial charge on any atom is 0.469 e. The van der Waals surface area contributed by atoms with E-state index < -0.39 is 32.4 Å². The van der Waals surface area contributed by atoms with Crippen LogP contribution in [0, 0.1) is 0 Å². The minimum Gasteiger partial charge on any atom is -0.388 e. The van der Waals surface area contributed by atoms with Gasteiger partial charge in [-0.05, 0) is 59.3 Å². The SMILES string of the molecule is CC(=CCCC(C)=CCOP(=O)(O)O)CCC=C(C)CC[C@H]1O[C@@H](n2cnc3c(N)ncnc32)[C@H](O)[C@@H]1O. The lowest BCUT2D eigenvalue weighted by Crippen LogP contribution is -2.31. The van der Waals surface area contributed by atoms with E-state index in [0.29, 0.717) is 17.6 Å². The van der Waals surface area contributed by atoms with E-state index >= 15 is 0 Å². The second-order valence-electron chi connectivity index (χ2n) is 9.68. The minimum absolute atomic E-state index is 0.101. The molecule has 1 aliphatic heterocycles. The molecule has 1 saturated heterocycles. The molecule has 0 saturated carbocycles. The van der Waals surface area contributed by atoms with E-state index in [1.165, 1.54) is 23.8 Å². The molecule has 2 aromatic heterocycles. The Morgan fingerprint density at radius 1 is 1.03 bits per heavy atom. The summed E-state index contributed by atoms with van der Waals surface area (Å²) in [6.07, 6.45) is 10.1. The van der Waals surface area contributed by atoms with E-state index in [1.54, 1.807) is 10.6 Å². The van der Waals surface area contributed by atoms with Crippen molar-refractivity contribution in [2.45, 2.75) is 83.8 Å². The Balaban J connectivity index is 1.42. The number of ether oxygens (including phenoxy) is 1. The summed E-state index contributed by atoms with van der Waals surface area (Å²) in [5.74, 6) is 0.238. The van der Waals surface area contributed by atoms with Crippen molar-refractivity contribution < 1.29 is 33.8 Å². The Kier molecular flexibility index (Phi) is 10.8. The predicted octanol–water partition coefficient (Wildman–Crippen LogP) is 3.32. The van der Waals surface area contributed by atoms with Gasteiger partial charge in [-0.15, -0.1) is 0 Å². The largest absolute Gasteiger partial charge is 0.469 e. The zero-order chi connectivity index (χ0) is 27.9. The van der Waals surface area contributed by atoms with Gasteiger partial charge in [0.25, 0.3) is 0 Å². The van der Waals surface area contributed by atoms with Gasteiger partial charge in [0.1, 0.15) is 24.1 Å². The average Bonchev–Trinajstić information content (AvgIpc) is 3.39. The highest BCUT2D eigenvalue weighted by Gasteiger charge is 2.43. The molecule has 2 aromatic rings. The molecule has 0 radical (unpaired) electrons. The first-order valence-corrected chi connectivity index (χ1v) is 14.1. The molecule has 3 heterocycles. The molecule has 0 aliphatic carbocycles. The van der Waals surface area contributed by atoms with Crippen molar-refractivity contribution in [2.24, 2.45) is 0 Å². The number of nitrogens with two attached hydrogens (primary N) is 1. The fourth-order valence-electron chi connectivity index (χ4n) is 4.30. The molecule has 0 spiro atoms. The number of hydrogen-bond acceptors (Lipinski definition) is 9. The first-order valence-electron chi connectivity index (χ1n) is 12.6. The third-order valence-corrected chi connectivity index (χ3v) is 7.04. The molecular formula is C25H38N5O7P. The number of allylic oxidation sites excluding steroid dienone is 5. The molecule has 38 heavy (non-hydrogen) atoms. The van der Waals surface area contributed by atoms with Crippen LogP contribution in [0.25, 0.3) is 11.2 Å². The molecular weight excluding hydrogens is 513 g/mol. The number of nitrogen functional groups attached to an aromatic ring is 1. The Hall–Kier alpha value is -2.44. The number of rotatable bonds is 13. The van der Waals surface area contributed by atoms with Gasteiger partial charge in [-0.3, -0.25) is 9.09 Å². The van der Waals surface area contributed by atoms with Crippen LogP contribution in [-0.2, 0) is 13.8 Å². The number of hydrogen-bond donors (Lipinski definition) is 5. The third-order valence-electron chi connectivity index (χ3n) is 6.56. The summed E-state index contributed by atoms with van der Waals surface area (Å²) >= 11 is 0. The maximum absolute atomic E-state index is 10.7. The smallest absolute Gasteiger partial charge is 0.388 e. The van der Waals surface area contributed by atoms with E-state index in [0.717, 1.165) is 37.7 Å². The number of nitrogens with zero attached hydrogens (tertiary/aromatic N) is 4. The van der Waals surface area contributed by atoms with E-state index in [2.05, 4.69) is 38.6 Å². The number of anilines is 1. The van der Waals surface area contributed by atoms with Crippen LogP contribution in [0.15, 0.2) is 47.6 Å². The number of fused-ring (bicyclic) bond motifs is 1. The topological polar surface area (TPSA) is 186 Å². The zero-order valence-electron chi connectivity index (χ0n) is 22.0. The van der Waals surface area contributed by atoms with Crippen molar-refractivity contribution in [1.82, 2.24) is 19.5 Å². The molecule has 210 valence electrons. The molecule has 4 atom stereocenters. The van der Waals surface area contributed by atoms with Crippen LogP contribution in [0.4, 0.5) is 5.82 Å². The van der Waals surface area contributed by atoms with Gasteiger partial charge in [0.2, 0.25) is 0 Å². The second kappa shape index (κ2) is 13.6. The third kappa shape index (κ3) is 8.54. The van der Waals surface area contributed by atoms with Gasteiger partial charge in [-0.1, -0.05) is 34.9 Å². The summed E-state index contributed by atoms with van der Waals surface area (Å²) in [6, 6.07) is 0. The molecule has 0 aromatic carbocycles. The Morgan fingerprint density at radius 3 is 2.32 bits per heavy atom. The number of phosphoric ester groups is 1. The van der Waals surface area contributed by atoms with Gasteiger partial charge in [0.05, 0.1) is 19.0 Å². The highest BCUT2D eigenvalue weighted by atomic mass is 31.2. The standard InChI is InChI=1S/C25H38N5O7P/c1-16(7-5-9-18(3)12-13-36-38(33,34)35)6-4-8-17(2)10-11-19-21(31)22(32)25(37-19)30-15-29-20-23(26)27-14-28-24(20)30/h7-8,12,14-15,19,21-22,25,31-32H,4-6,9-11,13H2,1-3H3,(H2,26,27,28)(H2,33,34,35)/t19-,21-,22-,25-/m1/s1. The van der Waals surface area contributed by atoms with Gasteiger partial charge in [0, 0.05) is 0 Å². The number of aliphatic hydroxyl groups is 2. The van der Waals surface area contributed by atoms with Crippen molar-refractivity contribution >= 4 is 24.8 Å². The normalized spacial score (nSPS) is 23.5. The molecule has 0 amide bonds. The van der Waals surface area contributed by atoms with Crippen molar-refractivity contribution in [3.63, 3.8) is 0 Å². The van der Waals surface area contributed by atoms with Gasteiger partial charge >= 0.3 is 7.82 Å². The monoisotopic (exact) mass is 551 g/mol. The lowest BCUT2D eigenvalue weighted by atomic mass is 10.0. The Bertz CT molecular complexity index is 1220. The lowest BCUT2D eigenvalue weighted by Gasteiger charge is -2.16. The molecule has 0 bridgehead atoms. The molecule has 1 aliphatic rings. The van der Waals surface area contributed by atoms with E-state index in [1.807, 2.05) is 13.8 Å². The molecule has 13 heteroatoms. The molecule has 12 nitrogen and oxygen atoms in total. The number of phosphoric acid groups is 1. The van der Waals surface area contributed by atoms with Crippen LogP contribution in [0.5, 0.6) is 0 Å². The number of imidazole rings is 1. The van der Waals surface area contributed by atoms with Crippen LogP contribution < -0.4 is 5.73 Å². The highest BCUT2D eigenvalue weighted by Crippen LogP contribution is 2.36. The molecule has 3 rings (SSSR count).